The van der Waals surface area contributed by atoms with Crippen LogP contribution >= 0.6 is 0 Å². The zero-order valence-electron chi connectivity index (χ0n) is 11.7. The maximum absolute atomic E-state index is 12.1. The van der Waals surface area contributed by atoms with Gasteiger partial charge in [-0.15, -0.1) is 0 Å². The van der Waals surface area contributed by atoms with Crippen LogP contribution in [-0.2, 0) is 0 Å². The van der Waals surface area contributed by atoms with Gasteiger partial charge < -0.3 is 20.2 Å². The lowest BCUT2D eigenvalue weighted by Gasteiger charge is -2.11. The van der Waals surface area contributed by atoms with Crippen molar-refractivity contribution in [1.82, 2.24) is 4.98 Å². The normalized spacial score (nSPS) is 9.86. The number of amides is 1. The number of hydrogen-bond donors (Lipinski definition) is 3. The summed E-state index contributed by atoms with van der Waals surface area (Å²) in [7, 11) is 3.08. The Morgan fingerprint density at radius 3 is 2.57 bits per heavy atom. The largest absolute Gasteiger partial charge is 0.497 e. The first-order valence-corrected chi connectivity index (χ1v) is 6.14. The van der Waals surface area contributed by atoms with E-state index < -0.39 is 0 Å². The molecule has 4 N–H and O–H groups in total. The smallest absolute Gasteiger partial charge is 0.257 e. The number of anilines is 2. The Morgan fingerprint density at radius 1 is 1.19 bits per heavy atom. The van der Waals surface area contributed by atoms with Crippen LogP contribution in [0.1, 0.15) is 10.4 Å². The second-order valence-corrected chi connectivity index (χ2v) is 4.10. The SMILES string of the molecule is COc1ccc(NC(=O)c2ccc(NN)nc2)c(OC)c1. The minimum Gasteiger partial charge on any atom is -0.497 e. The number of benzene rings is 1. The monoisotopic (exact) mass is 288 g/mol. The fraction of sp³-hybridized carbons (Fsp3) is 0.143. The standard InChI is InChI=1S/C14H16N4O3/c1-20-10-4-5-11(12(7-10)21-2)17-14(19)9-3-6-13(18-15)16-8-9/h3-8H,15H2,1-2H3,(H,16,18)(H,17,19). The van der Waals surface area contributed by atoms with Crippen molar-refractivity contribution in [1.29, 1.82) is 0 Å². The molecule has 1 heterocycles. The maximum Gasteiger partial charge on any atom is 0.257 e. The van der Waals surface area contributed by atoms with Gasteiger partial charge in [0.2, 0.25) is 0 Å². The van der Waals surface area contributed by atoms with Gasteiger partial charge in [-0.3, -0.25) is 4.79 Å². The summed E-state index contributed by atoms with van der Waals surface area (Å²) in [5, 5.41) is 2.76. The van der Waals surface area contributed by atoms with Gasteiger partial charge in [0, 0.05) is 12.3 Å². The quantitative estimate of drug-likeness (QED) is 0.571. The Balaban J connectivity index is 2.18. The molecule has 110 valence electrons. The van der Waals surface area contributed by atoms with Gasteiger partial charge in [0.25, 0.3) is 5.91 Å². The minimum atomic E-state index is -0.297. The lowest BCUT2D eigenvalue weighted by atomic mass is 10.2. The van der Waals surface area contributed by atoms with Gasteiger partial charge in [-0.05, 0) is 24.3 Å². The number of aromatic nitrogens is 1. The summed E-state index contributed by atoms with van der Waals surface area (Å²) in [4.78, 5) is 16.1. The van der Waals surface area contributed by atoms with Crippen molar-refractivity contribution in [3.63, 3.8) is 0 Å². The predicted octanol–water partition coefficient (Wildman–Crippen LogP) is 1.64. The van der Waals surface area contributed by atoms with Gasteiger partial charge in [-0.1, -0.05) is 0 Å². The minimum absolute atomic E-state index is 0.297. The molecule has 2 aromatic rings. The molecule has 0 saturated carbocycles. The van der Waals surface area contributed by atoms with Crippen LogP contribution in [0, 0.1) is 0 Å². The summed E-state index contributed by atoms with van der Waals surface area (Å²) in [6, 6.07) is 8.36. The third-order valence-corrected chi connectivity index (χ3v) is 2.83. The molecule has 0 aliphatic carbocycles. The number of carbonyl (C=O) groups is 1. The van der Waals surface area contributed by atoms with E-state index in [-0.39, 0.29) is 5.91 Å². The van der Waals surface area contributed by atoms with Gasteiger partial charge in [0.15, 0.2) is 0 Å². The summed E-state index contributed by atoms with van der Waals surface area (Å²) in [5.41, 5.74) is 3.35. The highest BCUT2D eigenvalue weighted by atomic mass is 16.5. The molecule has 2 rings (SSSR count). The topological polar surface area (TPSA) is 98.5 Å². The summed E-state index contributed by atoms with van der Waals surface area (Å²) in [5.74, 6) is 6.56. The van der Waals surface area contributed by atoms with Crippen LogP contribution in [0.3, 0.4) is 0 Å². The molecule has 0 bridgehead atoms. The molecule has 7 nitrogen and oxygen atoms in total. The van der Waals surface area contributed by atoms with Crippen molar-refractivity contribution < 1.29 is 14.3 Å². The fourth-order valence-electron chi connectivity index (χ4n) is 1.71. The first kappa shape index (κ1) is 14.6. The number of nitrogens with zero attached hydrogens (tertiary/aromatic N) is 1. The van der Waals surface area contributed by atoms with E-state index in [9.17, 15) is 4.79 Å². The van der Waals surface area contributed by atoms with E-state index >= 15 is 0 Å². The van der Waals surface area contributed by atoms with Crippen LogP contribution in [0.2, 0.25) is 0 Å². The Kier molecular flexibility index (Phi) is 4.57. The van der Waals surface area contributed by atoms with Gasteiger partial charge in [0.05, 0.1) is 25.5 Å². The number of methoxy groups -OCH3 is 2. The summed E-state index contributed by atoms with van der Waals surface area (Å²) >= 11 is 0. The van der Waals surface area contributed by atoms with E-state index in [0.29, 0.717) is 28.6 Å². The van der Waals surface area contributed by atoms with Crippen LogP contribution < -0.4 is 26.1 Å². The molecular formula is C14H16N4O3. The van der Waals surface area contributed by atoms with Crippen molar-refractivity contribution in [2.24, 2.45) is 5.84 Å². The zero-order chi connectivity index (χ0) is 15.2. The van der Waals surface area contributed by atoms with Gasteiger partial charge in [-0.2, -0.15) is 0 Å². The molecule has 1 amide bonds. The van der Waals surface area contributed by atoms with Gasteiger partial charge in [-0.25, -0.2) is 10.8 Å². The van der Waals surface area contributed by atoms with Crippen molar-refractivity contribution in [2.45, 2.75) is 0 Å². The number of hydrogen-bond acceptors (Lipinski definition) is 6. The first-order chi connectivity index (χ1) is 10.2. The molecule has 1 aromatic carbocycles. The fourth-order valence-corrected chi connectivity index (χ4v) is 1.71. The molecule has 0 radical (unpaired) electrons. The number of rotatable bonds is 5. The Morgan fingerprint density at radius 2 is 2.00 bits per heavy atom. The molecule has 0 atom stereocenters. The van der Waals surface area contributed by atoms with E-state index in [4.69, 9.17) is 15.3 Å². The molecule has 0 fully saturated rings. The lowest BCUT2D eigenvalue weighted by molar-refractivity contribution is 0.102. The van der Waals surface area contributed by atoms with Gasteiger partial charge >= 0.3 is 0 Å². The van der Waals surface area contributed by atoms with Crippen molar-refractivity contribution >= 4 is 17.4 Å². The van der Waals surface area contributed by atoms with Crippen molar-refractivity contribution in [3.05, 3.63) is 42.1 Å². The van der Waals surface area contributed by atoms with E-state index in [0.717, 1.165) is 0 Å². The molecule has 0 saturated heterocycles. The highest BCUT2D eigenvalue weighted by Gasteiger charge is 2.11. The van der Waals surface area contributed by atoms with Crippen LogP contribution in [0.5, 0.6) is 11.5 Å². The third-order valence-electron chi connectivity index (χ3n) is 2.83. The number of ether oxygens (including phenoxy) is 2. The maximum atomic E-state index is 12.1. The first-order valence-electron chi connectivity index (χ1n) is 6.14. The zero-order valence-corrected chi connectivity index (χ0v) is 11.7. The van der Waals surface area contributed by atoms with E-state index in [1.54, 1.807) is 37.4 Å². The molecule has 0 aliphatic rings. The molecule has 0 unspecified atom stereocenters. The lowest BCUT2D eigenvalue weighted by Crippen LogP contribution is -2.14. The number of nitrogens with one attached hydrogen (secondary N) is 2. The average molecular weight is 288 g/mol. The summed E-state index contributed by atoms with van der Waals surface area (Å²) < 4.78 is 10.3. The van der Waals surface area contributed by atoms with Crippen LogP contribution in [0.4, 0.5) is 11.5 Å². The summed E-state index contributed by atoms with van der Waals surface area (Å²) in [6.45, 7) is 0. The Labute approximate surface area is 122 Å². The molecule has 7 heteroatoms. The van der Waals surface area contributed by atoms with Crippen LogP contribution in [0.15, 0.2) is 36.5 Å². The van der Waals surface area contributed by atoms with Crippen molar-refractivity contribution in [3.8, 4) is 11.5 Å². The highest BCUT2D eigenvalue weighted by Crippen LogP contribution is 2.29. The third kappa shape index (κ3) is 3.40. The molecule has 0 aliphatic heterocycles. The highest BCUT2D eigenvalue weighted by molar-refractivity contribution is 6.05. The Hall–Kier alpha value is -2.80. The van der Waals surface area contributed by atoms with Crippen LogP contribution in [0.25, 0.3) is 0 Å². The van der Waals surface area contributed by atoms with Crippen LogP contribution in [-0.4, -0.2) is 25.1 Å². The number of nitrogens with two attached hydrogens (primary N) is 1. The molecule has 0 spiro atoms. The second kappa shape index (κ2) is 6.58. The number of hydrazine groups is 1. The second-order valence-electron chi connectivity index (χ2n) is 4.10. The number of carbonyl (C=O) groups excluding carboxylic acids is 1. The van der Waals surface area contributed by atoms with E-state index in [2.05, 4.69) is 15.7 Å². The number of nitrogen functional groups attached to an aromatic ring is 1. The molecule has 21 heavy (non-hydrogen) atoms. The Bertz CT molecular complexity index is 629. The predicted molar refractivity (Wildman–Crippen MR) is 79.5 cm³/mol. The molecular weight excluding hydrogens is 272 g/mol. The molecule has 1 aromatic heterocycles. The average Bonchev–Trinajstić information content (AvgIpc) is 2.55. The van der Waals surface area contributed by atoms with Crippen molar-refractivity contribution in [2.75, 3.05) is 25.0 Å². The van der Waals surface area contributed by atoms with E-state index in [1.165, 1.54) is 13.3 Å². The number of pyridine rings is 1. The summed E-state index contributed by atoms with van der Waals surface area (Å²) in [6.07, 6.45) is 1.43. The van der Waals surface area contributed by atoms with Gasteiger partial charge in [0.1, 0.15) is 17.3 Å². The van der Waals surface area contributed by atoms with E-state index in [1.807, 2.05) is 0 Å².